The SMILES string of the molecule is Cc1ccc(C(=O)O)c(Oc2cc(Br)ccc2F)n1. The highest BCUT2D eigenvalue weighted by atomic mass is 79.9. The van der Waals surface area contributed by atoms with E-state index in [1.54, 1.807) is 13.0 Å². The first kappa shape index (κ1) is 13.5. The number of rotatable bonds is 3. The lowest BCUT2D eigenvalue weighted by molar-refractivity contribution is 0.0693. The fourth-order valence-electron chi connectivity index (χ4n) is 1.43. The minimum absolute atomic E-state index is 0.0880. The number of aryl methyl sites for hydroxylation is 1. The molecule has 0 aliphatic carbocycles. The van der Waals surface area contributed by atoms with Gasteiger partial charge in [-0.15, -0.1) is 0 Å². The number of aromatic carboxylic acids is 1. The van der Waals surface area contributed by atoms with Crippen molar-refractivity contribution in [2.45, 2.75) is 6.92 Å². The molecule has 0 unspecified atom stereocenters. The Morgan fingerprint density at radius 2 is 2.11 bits per heavy atom. The summed E-state index contributed by atoms with van der Waals surface area (Å²) in [5.74, 6) is -2.00. The summed E-state index contributed by atoms with van der Waals surface area (Å²) in [6.45, 7) is 1.69. The van der Waals surface area contributed by atoms with Crippen molar-refractivity contribution in [2.75, 3.05) is 0 Å². The molecule has 1 heterocycles. The van der Waals surface area contributed by atoms with Crippen LogP contribution in [-0.4, -0.2) is 16.1 Å². The van der Waals surface area contributed by atoms with Crippen molar-refractivity contribution < 1.29 is 19.0 Å². The molecule has 0 aliphatic heterocycles. The summed E-state index contributed by atoms with van der Waals surface area (Å²) in [6.07, 6.45) is 0. The van der Waals surface area contributed by atoms with E-state index in [-0.39, 0.29) is 17.2 Å². The second kappa shape index (κ2) is 5.36. The third kappa shape index (κ3) is 3.08. The molecule has 1 N–H and O–H groups in total. The van der Waals surface area contributed by atoms with E-state index in [1.165, 1.54) is 24.3 Å². The third-order valence-corrected chi connectivity index (χ3v) is 2.82. The van der Waals surface area contributed by atoms with E-state index in [1.807, 2.05) is 0 Å². The van der Waals surface area contributed by atoms with Gasteiger partial charge in [0, 0.05) is 10.2 Å². The van der Waals surface area contributed by atoms with Crippen molar-refractivity contribution in [1.29, 1.82) is 0 Å². The Hall–Kier alpha value is -1.95. The summed E-state index contributed by atoms with van der Waals surface area (Å²) in [4.78, 5) is 15.0. The number of halogens is 2. The summed E-state index contributed by atoms with van der Waals surface area (Å²) in [5.41, 5.74) is 0.459. The van der Waals surface area contributed by atoms with Gasteiger partial charge in [-0.05, 0) is 37.3 Å². The normalized spacial score (nSPS) is 10.3. The quantitative estimate of drug-likeness (QED) is 0.932. The molecule has 0 saturated carbocycles. The average Bonchev–Trinajstić information content (AvgIpc) is 2.33. The van der Waals surface area contributed by atoms with Crippen LogP contribution in [0, 0.1) is 12.7 Å². The van der Waals surface area contributed by atoms with Crippen molar-refractivity contribution in [3.05, 3.63) is 51.9 Å². The number of benzene rings is 1. The van der Waals surface area contributed by atoms with Gasteiger partial charge >= 0.3 is 5.97 Å². The third-order valence-electron chi connectivity index (χ3n) is 2.33. The number of ether oxygens (including phenoxy) is 1. The molecule has 1 aromatic carbocycles. The van der Waals surface area contributed by atoms with Crippen LogP contribution in [0.1, 0.15) is 16.1 Å². The number of carboxylic acids is 1. The number of pyridine rings is 1. The molecule has 98 valence electrons. The minimum atomic E-state index is -1.18. The molecule has 0 amide bonds. The van der Waals surface area contributed by atoms with Crippen LogP contribution in [0.5, 0.6) is 11.6 Å². The smallest absolute Gasteiger partial charge is 0.341 e. The Morgan fingerprint density at radius 1 is 1.37 bits per heavy atom. The maximum Gasteiger partial charge on any atom is 0.341 e. The van der Waals surface area contributed by atoms with Crippen LogP contribution >= 0.6 is 15.9 Å². The van der Waals surface area contributed by atoms with Crippen LogP contribution in [-0.2, 0) is 0 Å². The fourth-order valence-corrected chi connectivity index (χ4v) is 1.77. The largest absolute Gasteiger partial charge is 0.477 e. The van der Waals surface area contributed by atoms with Crippen molar-refractivity contribution in [3.8, 4) is 11.6 Å². The lowest BCUT2D eigenvalue weighted by Crippen LogP contribution is -2.03. The predicted octanol–water partition coefficient (Wildman–Crippen LogP) is 3.78. The molecule has 0 spiro atoms. The molecular formula is C13H9BrFNO3. The monoisotopic (exact) mass is 325 g/mol. The highest BCUT2D eigenvalue weighted by molar-refractivity contribution is 9.10. The highest BCUT2D eigenvalue weighted by Gasteiger charge is 2.15. The van der Waals surface area contributed by atoms with Crippen LogP contribution in [0.15, 0.2) is 34.8 Å². The van der Waals surface area contributed by atoms with Gasteiger partial charge in [-0.2, -0.15) is 0 Å². The molecule has 0 aliphatic rings. The first-order valence-corrected chi connectivity index (χ1v) is 6.10. The van der Waals surface area contributed by atoms with E-state index in [2.05, 4.69) is 20.9 Å². The van der Waals surface area contributed by atoms with E-state index in [0.717, 1.165) is 0 Å². The van der Waals surface area contributed by atoms with Crippen molar-refractivity contribution in [1.82, 2.24) is 4.98 Å². The molecule has 0 radical (unpaired) electrons. The summed E-state index contributed by atoms with van der Waals surface area (Å²) in [5, 5.41) is 9.04. The molecule has 0 atom stereocenters. The molecule has 1 aromatic heterocycles. The summed E-state index contributed by atoms with van der Waals surface area (Å²) in [7, 11) is 0. The van der Waals surface area contributed by atoms with Gasteiger partial charge < -0.3 is 9.84 Å². The lowest BCUT2D eigenvalue weighted by Gasteiger charge is -2.09. The van der Waals surface area contributed by atoms with Crippen molar-refractivity contribution in [2.24, 2.45) is 0 Å². The number of carbonyl (C=O) groups is 1. The molecule has 2 rings (SSSR count). The zero-order valence-electron chi connectivity index (χ0n) is 9.85. The predicted molar refractivity (Wildman–Crippen MR) is 70.1 cm³/mol. The Labute approximate surface area is 117 Å². The summed E-state index contributed by atoms with van der Waals surface area (Å²) < 4.78 is 19.5. The van der Waals surface area contributed by atoms with Gasteiger partial charge in [0.05, 0.1) is 0 Å². The highest BCUT2D eigenvalue weighted by Crippen LogP contribution is 2.28. The zero-order valence-corrected chi connectivity index (χ0v) is 11.4. The van der Waals surface area contributed by atoms with Crippen LogP contribution < -0.4 is 4.74 Å². The summed E-state index contributed by atoms with van der Waals surface area (Å²) >= 11 is 3.19. The van der Waals surface area contributed by atoms with Gasteiger partial charge in [0.15, 0.2) is 11.6 Å². The van der Waals surface area contributed by atoms with Gasteiger partial charge in [-0.25, -0.2) is 14.2 Å². The van der Waals surface area contributed by atoms with E-state index < -0.39 is 11.8 Å². The molecule has 19 heavy (non-hydrogen) atoms. The van der Waals surface area contributed by atoms with E-state index >= 15 is 0 Å². The second-order valence-corrected chi connectivity index (χ2v) is 4.70. The zero-order chi connectivity index (χ0) is 14.0. The summed E-state index contributed by atoms with van der Waals surface area (Å²) in [6, 6.07) is 7.06. The number of hydrogen-bond donors (Lipinski definition) is 1. The molecule has 0 bridgehead atoms. The van der Waals surface area contributed by atoms with E-state index in [0.29, 0.717) is 10.2 Å². The van der Waals surface area contributed by atoms with Crippen molar-refractivity contribution in [3.63, 3.8) is 0 Å². The Balaban J connectivity index is 2.45. The van der Waals surface area contributed by atoms with Crippen molar-refractivity contribution >= 4 is 21.9 Å². The molecular weight excluding hydrogens is 317 g/mol. The Kier molecular flexibility index (Phi) is 3.80. The van der Waals surface area contributed by atoms with Crippen LogP contribution in [0.2, 0.25) is 0 Å². The van der Waals surface area contributed by atoms with Gasteiger partial charge in [-0.1, -0.05) is 15.9 Å². The van der Waals surface area contributed by atoms with E-state index in [9.17, 15) is 9.18 Å². The average molecular weight is 326 g/mol. The molecule has 4 nitrogen and oxygen atoms in total. The van der Waals surface area contributed by atoms with Crippen LogP contribution in [0.3, 0.4) is 0 Å². The van der Waals surface area contributed by atoms with Gasteiger partial charge in [0.25, 0.3) is 0 Å². The van der Waals surface area contributed by atoms with Gasteiger partial charge in [0.1, 0.15) is 5.56 Å². The molecule has 0 fully saturated rings. The topological polar surface area (TPSA) is 59.4 Å². The molecule has 6 heteroatoms. The second-order valence-electron chi connectivity index (χ2n) is 3.79. The maximum absolute atomic E-state index is 13.6. The number of nitrogens with zero attached hydrogens (tertiary/aromatic N) is 1. The van der Waals surface area contributed by atoms with E-state index in [4.69, 9.17) is 9.84 Å². The first-order chi connectivity index (χ1) is 8.97. The van der Waals surface area contributed by atoms with Gasteiger partial charge in [0.2, 0.25) is 5.88 Å². The lowest BCUT2D eigenvalue weighted by atomic mass is 10.2. The molecule has 2 aromatic rings. The number of carboxylic acid groups (broad SMARTS) is 1. The standard InChI is InChI=1S/C13H9BrFNO3/c1-7-2-4-9(13(17)18)12(16-7)19-11-6-8(14)3-5-10(11)15/h2-6H,1H3,(H,17,18). The van der Waals surface area contributed by atoms with Crippen LogP contribution in [0.4, 0.5) is 4.39 Å². The van der Waals surface area contributed by atoms with Crippen LogP contribution in [0.25, 0.3) is 0 Å². The minimum Gasteiger partial charge on any atom is -0.477 e. The Bertz CT molecular complexity index is 646. The number of hydrogen-bond acceptors (Lipinski definition) is 3. The Morgan fingerprint density at radius 3 is 2.79 bits per heavy atom. The van der Waals surface area contributed by atoms with Gasteiger partial charge in [-0.3, -0.25) is 0 Å². The molecule has 0 saturated heterocycles. The number of aromatic nitrogens is 1. The first-order valence-electron chi connectivity index (χ1n) is 5.31. The maximum atomic E-state index is 13.6. The fraction of sp³-hybridized carbons (Fsp3) is 0.0769.